The van der Waals surface area contributed by atoms with E-state index in [2.05, 4.69) is 4.98 Å². The lowest BCUT2D eigenvalue weighted by Gasteiger charge is -2.18. The Hall–Kier alpha value is -1.70. The zero-order valence-electron chi connectivity index (χ0n) is 10.7. The molecule has 0 aliphatic rings. The van der Waals surface area contributed by atoms with Crippen LogP contribution in [0.2, 0.25) is 0 Å². The van der Waals surface area contributed by atoms with Crippen LogP contribution in [-0.2, 0) is 0 Å². The number of carbonyl (C=O) groups is 1. The summed E-state index contributed by atoms with van der Waals surface area (Å²) in [6, 6.07) is 9.82. The summed E-state index contributed by atoms with van der Waals surface area (Å²) in [6.45, 7) is 7.70. The lowest BCUT2D eigenvalue weighted by Crippen LogP contribution is -2.21. The van der Waals surface area contributed by atoms with Crippen LogP contribution >= 0.6 is 0 Å². The van der Waals surface area contributed by atoms with E-state index in [9.17, 15) is 4.79 Å². The molecule has 0 unspecified atom stereocenters. The molecule has 0 aliphatic heterocycles. The number of pyridine rings is 1. The van der Waals surface area contributed by atoms with Crippen molar-refractivity contribution >= 4 is 16.7 Å². The van der Waals surface area contributed by atoms with Crippen LogP contribution in [0.25, 0.3) is 10.9 Å². The summed E-state index contributed by atoms with van der Waals surface area (Å²) in [7, 11) is 0. The Labute approximate surface area is 102 Å². The number of carbonyl (C=O) groups excluding carboxylic acids is 1. The minimum atomic E-state index is -0.366. The van der Waals surface area contributed by atoms with Crippen LogP contribution in [0.4, 0.5) is 0 Å². The molecule has 0 aliphatic carbocycles. The number of fused-ring (bicyclic) bond motifs is 1. The molecule has 0 atom stereocenters. The van der Waals surface area contributed by atoms with Crippen molar-refractivity contribution in [3.63, 3.8) is 0 Å². The molecular weight excluding hydrogens is 210 g/mol. The predicted octanol–water partition coefficient (Wildman–Crippen LogP) is 3.77. The van der Waals surface area contributed by atoms with Gasteiger partial charge in [0.15, 0.2) is 5.78 Å². The van der Waals surface area contributed by atoms with Crippen LogP contribution in [-0.4, -0.2) is 10.8 Å². The minimum Gasteiger partial charge on any atom is -0.294 e. The Bertz CT molecular complexity index is 579. The maximum absolute atomic E-state index is 12.3. The van der Waals surface area contributed by atoms with E-state index in [0.29, 0.717) is 0 Å². The highest BCUT2D eigenvalue weighted by atomic mass is 16.1. The highest BCUT2D eigenvalue weighted by Gasteiger charge is 2.24. The van der Waals surface area contributed by atoms with Gasteiger partial charge in [0.1, 0.15) is 0 Å². The number of hydrogen-bond acceptors (Lipinski definition) is 2. The van der Waals surface area contributed by atoms with Crippen molar-refractivity contribution in [2.75, 3.05) is 0 Å². The monoisotopic (exact) mass is 227 g/mol. The highest BCUT2D eigenvalue weighted by Crippen LogP contribution is 2.24. The Balaban J connectivity index is 2.63. The quantitative estimate of drug-likeness (QED) is 0.694. The molecular formula is C15H17NO. The molecule has 17 heavy (non-hydrogen) atoms. The maximum Gasteiger partial charge on any atom is 0.170 e. The maximum atomic E-state index is 12.3. The molecule has 0 saturated carbocycles. The fourth-order valence-electron chi connectivity index (χ4n) is 1.85. The Kier molecular flexibility index (Phi) is 2.74. The number of rotatable bonds is 1. The minimum absolute atomic E-state index is 0.147. The first-order chi connectivity index (χ1) is 7.89. The van der Waals surface area contributed by atoms with E-state index in [0.717, 1.165) is 22.2 Å². The second-order valence-electron chi connectivity index (χ2n) is 5.39. The van der Waals surface area contributed by atoms with Crippen LogP contribution in [0.5, 0.6) is 0 Å². The van der Waals surface area contributed by atoms with Crippen molar-refractivity contribution in [1.82, 2.24) is 4.98 Å². The van der Waals surface area contributed by atoms with Crippen LogP contribution in [0.1, 0.15) is 36.8 Å². The van der Waals surface area contributed by atoms with Gasteiger partial charge in [-0.1, -0.05) is 39.0 Å². The topological polar surface area (TPSA) is 30.0 Å². The van der Waals surface area contributed by atoms with Gasteiger partial charge in [0, 0.05) is 22.1 Å². The molecule has 0 amide bonds. The fourth-order valence-corrected chi connectivity index (χ4v) is 1.85. The Morgan fingerprint density at radius 2 is 1.82 bits per heavy atom. The van der Waals surface area contributed by atoms with Gasteiger partial charge < -0.3 is 0 Å². The van der Waals surface area contributed by atoms with Gasteiger partial charge in [0.25, 0.3) is 0 Å². The van der Waals surface area contributed by atoms with Gasteiger partial charge >= 0.3 is 0 Å². The average Bonchev–Trinajstić information content (AvgIpc) is 2.26. The first-order valence-corrected chi connectivity index (χ1v) is 5.81. The summed E-state index contributed by atoms with van der Waals surface area (Å²) >= 11 is 0. The van der Waals surface area contributed by atoms with E-state index in [1.54, 1.807) is 0 Å². The number of nitrogens with zero attached hydrogens (tertiary/aromatic N) is 1. The third kappa shape index (κ3) is 2.21. The molecule has 1 heterocycles. The van der Waals surface area contributed by atoms with E-state index < -0.39 is 0 Å². The molecule has 88 valence electrons. The summed E-state index contributed by atoms with van der Waals surface area (Å²) in [5.74, 6) is 0.147. The average molecular weight is 227 g/mol. The van der Waals surface area contributed by atoms with Crippen LogP contribution in [0.15, 0.2) is 30.3 Å². The van der Waals surface area contributed by atoms with E-state index in [-0.39, 0.29) is 11.2 Å². The number of hydrogen-bond donors (Lipinski definition) is 0. The van der Waals surface area contributed by atoms with Crippen molar-refractivity contribution in [1.29, 1.82) is 0 Å². The van der Waals surface area contributed by atoms with E-state index in [1.807, 2.05) is 58.0 Å². The molecule has 0 spiro atoms. The lowest BCUT2D eigenvalue weighted by atomic mass is 9.85. The van der Waals surface area contributed by atoms with Gasteiger partial charge in [-0.05, 0) is 19.1 Å². The molecule has 0 radical (unpaired) electrons. The van der Waals surface area contributed by atoms with Gasteiger partial charge in [0.2, 0.25) is 0 Å². The summed E-state index contributed by atoms with van der Waals surface area (Å²) < 4.78 is 0. The fraction of sp³-hybridized carbons (Fsp3) is 0.333. The van der Waals surface area contributed by atoms with Gasteiger partial charge in [-0.3, -0.25) is 9.78 Å². The number of aryl methyl sites for hydroxylation is 1. The molecule has 2 rings (SSSR count). The second-order valence-corrected chi connectivity index (χ2v) is 5.39. The van der Waals surface area contributed by atoms with Gasteiger partial charge in [0.05, 0.1) is 5.52 Å². The molecule has 2 aromatic rings. The summed E-state index contributed by atoms with van der Waals surface area (Å²) in [4.78, 5) is 16.8. The van der Waals surface area contributed by atoms with Gasteiger partial charge in [-0.25, -0.2) is 0 Å². The predicted molar refractivity (Wildman–Crippen MR) is 70.3 cm³/mol. The lowest BCUT2D eigenvalue weighted by molar-refractivity contribution is 0.0857. The molecule has 2 heteroatoms. The molecule has 2 nitrogen and oxygen atoms in total. The van der Waals surface area contributed by atoms with Crippen LogP contribution < -0.4 is 0 Å². The summed E-state index contributed by atoms with van der Waals surface area (Å²) in [6.07, 6.45) is 0. The molecule has 0 bridgehead atoms. The van der Waals surface area contributed by atoms with E-state index in [4.69, 9.17) is 0 Å². The largest absolute Gasteiger partial charge is 0.294 e. The SMILES string of the molecule is Cc1nc2ccccc2cc1C(=O)C(C)(C)C. The zero-order chi connectivity index (χ0) is 12.6. The third-order valence-electron chi connectivity index (χ3n) is 2.84. The second kappa shape index (κ2) is 3.95. The first-order valence-electron chi connectivity index (χ1n) is 5.81. The molecule has 1 aromatic heterocycles. The smallest absolute Gasteiger partial charge is 0.170 e. The summed E-state index contributed by atoms with van der Waals surface area (Å²) in [5, 5.41) is 1.02. The Morgan fingerprint density at radius 1 is 1.18 bits per heavy atom. The standard InChI is InChI=1S/C15H17NO/c1-10-12(14(17)15(2,3)4)9-11-7-5-6-8-13(11)16-10/h5-9H,1-4H3. The first kappa shape index (κ1) is 11.8. The molecule has 0 N–H and O–H groups in total. The van der Waals surface area contributed by atoms with Crippen molar-refractivity contribution in [3.8, 4) is 0 Å². The Morgan fingerprint density at radius 3 is 2.47 bits per heavy atom. The normalized spacial score (nSPS) is 11.8. The van der Waals surface area contributed by atoms with Gasteiger partial charge in [-0.2, -0.15) is 0 Å². The van der Waals surface area contributed by atoms with E-state index >= 15 is 0 Å². The number of para-hydroxylation sites is 1. The van der Waals surface area contributed by atoms with Crippen molar-refractivity contribution in [3.05, 3.63) is 41.6 Å². The van der Waals surface area contributed by atoms with Crippen LogP contribution in [0.3, 0.4) is 0 Å². The van der Waals surface area contributed by atoms with Crippen molar-refractivity contribution in [2.45, 2.75) is 27.7 Å². The summed E-state index contributed by atoms with van der Waals surface area (Å²) in [5.41, 5.74) is 2.12. The molecule has 0 saturated heterocycles. The number of benzene rings is 1. The number of Topliss-reactive ketones (excluding diaryl/α,β-unsaturated/α-hetero) is 1. The molecule has 1 aromatic carbocycles. The highest BCUT2D eigenvalue weighted by molar-refractivity contribution is 6.03. The van der Waals surface area contributed by atoms with Crippen molar-refractivity contribution in [2.24, 2.45) is 5.41 Å². The van der Waals surface area contributed by atoms with Crippen LogP contribution in [0, 0.1) is 12.3 Å². The van der Waals surface area contributed by atoms with E-state index in [1.165, 1.54) is 0 Å². The number of aromatic nitrogens is 1. The molecule has 0 fully saturated rings. The van der Waals surface area contributed by atoms with Crippen molar-refractivity contribution < 1.29 is 4.79 Å². The van der Waals surface area contributed by atoms with Gasteiger partial charge in [-0.15, -0.1) is 0 Å². The zero-order valence-corrected chi connectivity index (χ0v) is 10.7. The third-order valence-corrected chi connectivity index (χ3v) is 2.84. The number of ketones is 1.